The zero-order valence-electron chi connectivity index (χ0n) is 14.6. The van der Waals surface area contributed by atoms with Crippen LogP contribution in [0.15, 0.2) is 0 Å². The van der Waals surface area contributed by atoms with Crippen molar-refractivity contribution in [1.29, 1.82) is 0 Å². The monoisotopic (exact) mass is 340 g/mol. The third-order valence-corrected chi connectivity index (χ3v) is 5.71. The van der Waals surface area contributed by atoms with Gasteiger partial charge >= 0.3 is 11.9 Å². The topological polar surface area (TPSA) is 111 Å². The highest BCUT2D eigenvalue weighted by molar-refractivity contribution is 5.77. The molecule has 0 spiro atoms. The summed E-state index contributed by atoms with van der Waals surface area (Å²) >= 11 is 0. The molecule has 0 amide bonds. The van der Waals surface area contributed by atoms with Crippen molar-refractivity contribution < 1.29 is 24.3 Å². The molecule has 4 aliphatic carbocycles. The fourth-order valence-electron chi connectivity index (χ4n) is 5.47. The quantitative estimate of drug-likeness (QED) is 0.509. The number of esters is 1. The standard InChI is InChI=1S/C17H28N2O5/c1-15(2,3)23-14(21)13-16(19-9-12(20)24-18)5-10-4-11(6-16)8-17(13,22)7-10/h10-11,13,19,22H,4-9,18H2,1-3H3/t10?,11?,13-,16?,17?/m0/s1. The predicted molar refractivity (Wildman–Crippen MR) is 85.4 cm³/mol. The van der Waals surface area contributed by atoms with Crippen molar-refractivity contribution in [3.05, 3.63) is 0 Å². The van der Waals surface area contributed by atoms with E-state index in [1.165, 1.54) is 0 Å². The van der Waals surface area contributed by atoms with E-state index >= 15 is 0 Å². The summed E-state index contributed by atoms with van der Waals surface area (Å²) in [5, 5.41) is 14.4. The molecule has 4 rings (SSSR count). The van der Waals surface area contributed by atoms with Crippen LogP contribution in [0.5, 0.6) is 0 Å². The molecule has 4 bridgehead atoms. The molecule has 136 valence electrons. The molecule has 0 aromatic carbocycles. The molecule has 2 unspecified atom stereocenters. The van der Waals surface area contributed by atoms with Crippen molar-refractivity contribution in [2.75, 3.05) is 6.54 Å². The molecule has 4 fully saturated rings. The van der Waals surface area contributed by atoms with Crippen molar-refractivity contribution in [1.82, 2.24) is 5.32 Å². The van der Waals surface area contributed by atoms with Gasteiger partial charge in [-0.3, -0.25) is 4.79 Å². The van der Waals surface area contributed by atoms with Crippen LogP contribution in [-0.4, -0.2) is 40.3 Å². The number of aliphatic hydroxyl groups is 1. The Hall–Kier alpha value is -1.18. The van der Waals surface area contributed by atoms with Crippen LogP contribution in [0, 0.1) is 17.8 Å². The lowest BCUT2D eigenvalue weighted by Crippen LogP contribution is -2.73. The van der Waals surface area contributed by atoms with Crippen LogP contribution in [0.25, 0.3) is 0 Å². The van der Waals surface area contributed by atoms with Crippen LogP contribution >= 0.6 is 0 Å². The van der Waals surface area contributed by atoms with Gasteiger partial charge in [-0.25, -0.2) is 4.79 Å². The van der Waals surface area contributed by atoms with Gasteiger partial charge in [0.15, 0.2) is 0 Å². The number of nitrogens with one attached hydrogen (secondary N) is 1. The Bertz CT molecular complexity index is 528. The highest BCUT2D eigenvalue weighted by Crippen LogP contribution is 2.60. The van der Waals surface area contributed by atoms with Gasteiger partial charge in [0.1, 0.15) is 11.5 Å². The average molecular weight is 340 g/mol. The van der Waals surface area contributed by atoms with Gasteiger partial charge in [-0.05, 0) is 64.7 Å². The highest BCUT2D eigenvalue weighted by Gasteiger charge is 2.66. The summed E-state index contributed by atoms with van der Waals surface area (Å²) in [6, 6.07) is 0. The first-order valence-electron chi connectivity index (χ1n) is 8.67. The second-order valence-corrected chi connectivity index (χ2v) is 8.85. The van der Waals surface area contributed by atoms with Gasteiger partial charge in [0.2, 0.25) is 0 Å². The van der Waals surface area contributed by atoms with Gasteiger partial charge in [-0.1, -0.05) is 0 Å². The lowest BCUT2D eigenvalue weighted by atomic mass is 9.46. The van der Waals surface area contributed by atoms with E-state index in [1.807, 2.05) is 20.8 Å². The van der Waals surface area contributed by atoms with Crippen molar-refractivity contribution in [2.45, 2.75) is 69.6 Å². The Balaban J connectivity index is 1.90. The van der Waals surface area contributed by atoms with Gasteiger partial charge < -0.3 is 20.0 Å². The fraction of sp³-hybridized carbons (Fsp3) is 0.882. The molecule has 0 heterocycles. The van der Waals surface area contributed by atoms with Gasteiger partial charge in [-0.15, -0.1) is 0 Å². The second kappa shape index (κ2) is 5.68. The maximum Gasteiger partial charge on any atom is 0.338 e. The lowest BCUT2D eigenvalue weighted by molar-refractivity contribution is -0.215. The molecule has 0 aliphatic heterocycles. The van der Waals surface area contributed by atoms with Crippen LogP contribution in [0.2, 0.25) is 0 Å². The average Bonchev–Trinajstić information content (AvgIpc) is 2.40. The summed E-state index contributed by atoms with van der Waals surface area (Å²) < 4.78 is 5.61. The summed E-state index contributed by atoms with van der Waals surface area (Å²) in [5.41, 5.74) is -2.32. The molecular weight excluding hydrogens is 312 g/mol. The Morgan fingerprint density at radius 2 is 1.79 bits per heavy atom. The molecule has 0 radical (unpaired) electrons. The van der Waals surface area contributed by atoms with Crippen LogP contribution in [0.3, 0.4) is 0 Å². The summed E-state index contributed by atoms with van der Waals surface area (Å²) in [6.45, 7) is 5.37. The number of carbonyl (C=O) groups excluding carboxylic acids is 2. The highest BCUT2D eigenvalue weighted by atomic mass is 16.7. The molecule has 7 heteroatoms. The molecule has 24 heavy (non-hydrogen) atoms. The Morgan fingerprint density at radius 1 is 1.21 bits per heavy atom. The van der Waals surface area contributed by atoms with E-state index in [1.54, 1.807) is 0 Å². The molecule has 0 aromatic rings. The van der Waals surface area contributed by atoms with E-state index in [0.29, 0.717) is 24.7 Å². The Labute approximate surface area is 142 Å². The fourth-order valence-corrected chi connectivity index (χ4v) is 5.47. The molecule has 4 saturated carbocycles. The number of nitrogens with two attached hydrogens (primary N) is 1. The minimum absolute atomic E-state index is 0.0781. The number of rotatable bonds is 4. The van der Waals surface area contributed by atoms with Crippen molar-refractivity contribution in [3.8, 4) is 0 Å². The minimum Gasteiger partial charge on any atom is -0.460 e. The van der Waals surface area contributed by atoms with Gasteiger partial charge in [-0.2, -0.15) is 5.90 Å². The maximum atomic E-state index is 12.9. The van der Waals surface area contributed by atoms with Gasteiger partial charge in [0, 0.05) is 5.54 Å². The third-order valence-electron chi connectivity index (χ3n) is 5.71. The number of ether oxygens (including phenoxy) is 1. The maximum absolute atomic E-state index is 12.9. The molecule has 4 N–H and O–H groups in total. The summed E-state index contributed by atoms with van der Waals surface area (Å²) in [7, 11) is 0. The normalized spacial score (nSPS) is 40.5. The van der Waals surface area contributed by atoms with Crippen LogP contribution in [0.1, 0.15) is 52.9 Å². The van der Waals surface area contributed by atoms with E-state index in [9.17, 15) is 14.7 Å². The SMILES string of the molecule is CC(C)(C)OC(=O)[C@@H]1C2(O)CC3CC(C2)CC1(NCC(=O)ON)C3. The van der Waals surface area contributed by atoms with E-state index in [0.717, 1.165) is 19.3 Å². The van der Waals surface area contributed by atoms with E-state index in [2.05, 4.69) is 10.2 Å². The van der Waals surface area contributed by atoms with Crippen molar-refractivity contribution >= 4 is 11.9 Å². The van der Waals surface area contributed by atoms with Crippen molar-refractivity contribution in [2.24, 2.45) is 23.7 Å². The smallest absolute Gasteiger partial charge is 0.338 e. The van der Waals surface area contributed by atoms with Crippen LogP contribution in [0.4, 0.5) is 0 Å². The summed E-state index contributed by atoms with van der Waals surface area (Å²) in [4.78, 5) is 28.6. The Morgan fingerprint density at radius 3 is 2.29 bits per heavy atom. The first-order valence-corrected chi connectivity index (χ1v) is 8.67. The van der Waals surface area contributed by atoms with E-state index in [-0.39, 0.29) is 6.54 Å². The Kier molecular flexibility index (Phi) is 4.17. The first-order chi connectivity index (χ1) is 11.1. The predicted octanol–water partition coefficient (Wildman–Crippen LogP) is 0.644. The molecule has 4 aliphatic rings. The molecule has 0 saturated heterocycles. The van der Waals surface area contributed by atoms with E-state index < -0.39 is 34.6 Å². The summed E-state index contributed by atoms with van der Waals surface area (Å²) in [6.07, 6.45) is 3.84. The second-order valence-electron chi connectivity index (χ2n) is 8.85. The largest absolute Gasteiger partial charge is 0.460 e. The van der Waals surface area contributed by atoms with Crippen molar-refractivity contribution in [3.63, 3.8) is 0 Å². The third kappa shape index (κ3) is 3.05. The van der Waals surface area contributed by atoms with Crippen LogP contribution in [-0.2, 0) is 19.2 Å². The molecule has 0 aromatic heterocycles. The number of carbonyl (C=O) groups is 2. The van der Waals surface area contributed by atoms with Gasteiger partial charge in [0.05, 0.1) is 12.1 Å². The van der Waals surface area contributed by atoms with Gasteiger partial charge in [0.25, 0.3) is 0 Å². The molecule has 7 nitrogen and oxygen atoms in total. The lowest BCUT2D eigenvalue weighted by Gasteiger charge is -2.63. The minimum atomic E-state index is -1.06. The molecule has 3 atom stereocenters. The zero-order chi connectivity index (χ0) is 17.8. The summed E-state index contributed by atoms with van der Waals surface area (Å²) in [5.74, 6) is 4.00. The zero-order valence-corrected chi connectivity index (χ0v) is 14.6. The van der Waals surface area contributed by atoms with Crippen LogP contribution < -0.4 is 11.2 Å². The number of hydrogen-bond donors (Lipinski definition) is 3. The number of hydrogen-bond acceptors (Lipinski definition) is 7. The van der Waals surface area contributed by atoms with E-state index in [4.69, 9.17) is 10.6 Å². The molecular formula is C17H28N2O5. The first kappa shape index (κ1) is 17.6.